The highest BCUT2D eigenvalue weighted by Gasteiger charge is 2.09. The molecule has 5 heteroatoms. The zero-order valence-corrected chi connectivity index (χ0v) is 10.9. The molecule has 1 heterocycles. The lowest BCUT2D eigenvalue weighted by atomic mass is 10.1. The number of anilines is 1. The molecule has 5 nitrogen and oxygen atoms in total. The number of nitrogens with one attached hydrogen (secondary N) is 1. The smallest absolute Gasteiger partial charge is 0.331 e. The molecule has 3 N–H and O–H groups in total. The van der Waals surface area contributed by atoms with Crippen molar-refractivity contribution >= 4 is 22.5 Å². The Morgan fingerprint density at radius 2 is 1.85 bits per heavy atom. The number of ketones is 1. The van der Waals surface area contributed by atoms with Crippen LogP contribution in [0, 0.1) is 0 Å². The van der Waals surface area contributed by atoms with Crippen LogP contribution in [-0.4, -0.2) is 15.3 Å². The van der Waals surface area contributed by atoms with Gasteiger partial charge in [0.15, 0.2) is 5.78 Å². The maximum atomic E-state index is 12.1. The van der Waals surface area contributed by atoms with Crippen LogP contribution in [0.1, 0.15) is 17.3 Å². The Labute approximate surface area is 114 Å². The van der Waals surface area contributed by atoms with Crippen molar-refractivity contribution < 1.29 is 4.79 Å². The van der Waals surface area contributed by atoms with Gasteiger partial charge in [0.2, 0.25) is 0 Å². The molecule has 0 saturated heterocycles. The number of imidazole rings is 1. The second-order valence-electron chi connectivity index (χ2n) is 4.65. The van der Waals surface area contributed by atoms with E-state index in [1.165, 1.54) is 6.92 Å². The Morgan fingerprint density at radius 3 is 2.50 bits per heavy atom. The summed E-state index contributed by atoms with van der Waals surface area (Å²) in [6, 6.07) is 12.2. The van der Waals surface area contributed by atoms with Gasteiger partial charge >= 0.3 is 5.69 Å². The van der Waals surface area contributed by atoms with E-state index in [0.29, 0.717) is 22.5 Å². The van der Waals surface area contributed by atoms with Crippen LogP contribution in [0.3, 0.4) is 0 Å². The monoisotopic (exact) mass is 267 g/mol. The number of hydrogen-bond donors (Lipinski definition) is 2. The van der Waals surface area contributed by atoms with Crippen molar-refractivity contribution in [3.05, 3.63) is 58.5 Å². The van der Waals surface area contributed by atoms with Crippen LogP contribution in [0.15, 0.2) is 47.3 Å². The van der Waals surface area contributed by atoms with E-state index in [9.17, 15) is 9.59 Å². The van der Waals surface area contributed by atoms with Gasteiger partial charge < -0.3 is 10.7 Å². The second kappa shape index (κ2) is 4.38. The predicted octanol–water partition coefficient (Wildman–Crippen LogP) is 2.10. The summed E-state index contributed by atoms with van der Waals surface area (Å²) in [6.45, 7) is 1.51. The van der Waals surface area contributed by atoms with Crippen LogP contribution in [0.4, 0.5) is 5.69 Å². The van der Waals surface area contributed by atoms with Crippen molar-refractivity contribution in [2.75, 3.05) is 5.73 Å². The zero-order valence-electron chi connectivity index (χ0n) is 10.9. The fourth-order valence-corrected chi connectivity index (χ4v) is 2.23. The predicted molar refractivity (Wildman–Crippen MR) is 78.3 cm³/mol. The van der Waals surface area contributed by atoms with Crippen molar-refractivity contribution in [3.8, 4) is 5.69 Å². The molecular formula is C15H13N3O2. The fraction of sp³-hybridized carbons (Fsp3) is 0.0667. The molecule has 100 valence electrons. The largest absolute Gasteiger partial charge is 0.399 e. The van der Waals surface area contributed by atoms with E-state index in [4.69, 9.17) is 5.73 Å². The van der Waals surface area contributed by atoms with E-state index in [1.54, 1.807) is 47.0 Å². The standard InChI is InChI=1S/C15H13N3O2/c1-9(19)10-2-5-12(6-3-10)18-14-7-4-11(16)8-13(14)17-15(18)20/h2-8H,16H2,1H3,(H,17,20). The van der Waals surface area contributed by atoms with Crippen LogP contribution >= 0.6 is 0 Å². The SMILES string of the molecule is CC(=O)c1ccc(-n2c(=O)[nH]c3cc(N)ccc32)cc1. The quantitative estimate of drug-likeness (QED) is 0.551. The van der Waals surface area contributed by atoms with Crippen molar-refractivity contribution in [3.63, 3.8) is 0 Å². The first kappa shape index (κ1) is 12.2. The number of nitrogen functional groups attached to an aromatic ring is 1. The normalized spacial score (nSPS) is 10.8. The third kappa shape index (κ3) is 1.89. The van der Waals surface area contributed by atoms with Gasteiger partial charge in [-0.1, -0.05) is 0 Å². The maximum absolute atomic E-state index is 12.1. The van der Waals surface area contributed by atoms with Gasteiger partial charge in [0.1, 0.15) is 0 Å². The first-order valence-electron chi connectivity index (χ1n) is 6.18. The summed E-state index contributed by atoms with van der Waals surface area (Å²) in [4.78, 5) is 26.1. The van der Waals surface area contributed by atoms with E-state index >= 15 is 0 Å². The Hall–Kier alpha value is -2.82. The molecule has 0 aliphatic rings. The highest BCUT2D eigenvalue weighted by Crippen LogP contribution is 2.18. The zero-order chi connectivity index (χ0) is 14.3. The van der Waals surface area contributed by atoms with Crippen LogP contribution in [-0.2, 0) is 0 Å². The van der Waals surface area contributed by atoms with E-state index in [-0.39, 0.29) is 11.5 Å². The molecule has 1 aromatic heterocycles. The number of carbonyl (C=O) groups excluding carboxylic acids is 1. The number of aromatic amines is 1. The number of nitrogens with two attached hydrogens (primary N) is 1. The molecule has 0 spiro atoms. The number of H-pyrrole nitrogens is 1. The highest BCUT2D eigenvalue weighted by atomic mass is 16.1. The fourth-order valence-electron chi connectivity index (χ4n) is 2.23. The lowest BCUT2D eigenvalue weighted by molar-refractivity contribution is 0.101. The Balaban J connectivity index is 2.21. The number of hydrogen-bond acceptors (Lipinski definition) is 3. The van der Waals surface area contributed by atoms with Crippen molar-refractivity contribution in [1.82, 2.24) is 9.55 Å². The molecule has 0 radical (unpaired) electrons. The van der Waals surface area contributed by atoms with Crippen molar-refractivity contribution in [2.45, 2.75) is 6.92 Å². The van der Waals surface area contributed by atoms with Gasteiger partial charge in [-0.25, -0.2) is 4.79 Å². The molecule has 2 aromatic carbocycles. The molecule has 3 aromatic rings. The van der Waals surface area contributed by atoms with Gasteiger partial charge in [-0.15, -0.1) is 0 Å². The Bertz CT molecular complexity index is 857. The van der Waals surface area contributed by atoms with Crippen LogP contribution < -0.4 is 11.4 Å². The van der Waals surface area contributed by atoms with Crippen molar-refractivity contribution in [1.29, 1.82) is 0 Å². The lowest BCUT2D eigenvalue weighted by Crippen LogP contribution is -2.14. The minimum absolute atomic E-state index is 0.00408. The third-order valence-corrected chi connectivity index (χ3v) is 3.24. The summed E-state index contributed by atoms with van der Waals surface area (Å²) in [5.74, 6) is -0.00408. The second-order valence-corrected chi connectivity index (χ2v) is 4.65. The van der Waals surface area contributed by atoms with Crippen LogP contribution in [0.5, 0.6) is 0 Å². The first-order valence-corrected chi connectivity index (χ1v) is 6.18. The molecule has 0 amide bonds. The molecule has 0 fully saturated rings. The first-order chi connectivity index (χ1) is 9.56. The number of Topliss-reactive ketones (excluding diaryl/α,β-unsaturated/α-hetero) is 1. The third-order valence-electron chi connectivity index (χ3n) is 3.24. The van der Waals surface area contributed by atoms with Gasteiger partial charge in [-0.05, 0) is 49.4 Å². The van der Waals surface area contributed by atoms with E-state index in [0.717, 1.165) is 5.52 Å². The van der Waals surface area contributed by atoms with Crippen LogP contribution in [0.2, 0.25) is 0 Å². The topological polar surface area (TPSA) is 80.9 Å². The van der Waals surface area contributed by atoms with Gasteiger partial charge in [-0.2, -0.15) is 0 Å². The van der Waals surface area contributed by atoms with E-state index < -0.39 is 0 Å². The molecule has 0 saturated carbocycles. The number of benzene rings is 2. The lowest BCUT2D eigenvalue weighted by Gasteiger charge is -2.04. The summed E-state index contributed by atoms with van der Waals surface area (Å²) in [5, 5.41) is 0. The van der Waals surface area contributed by atoms with Gasteiger partial charge in [0.05, 0.1) is 16.7 Å². The molecule has 3 rings (SSSR count). The molecule has 0 unspecified atom stereocenters. The average Bonchev–Trinajstić information content (AvgIpc) is 2.73. The minimum Gasteiger partial charge on any atom is -0.399 e. The van der Waals surface area contributed by atoms with Gasteiger partial charge in [-0.3, -0.25) is 9.36 Å². The number of carbonyl (C=O) groups is 1. The summed E-state index contributed by atoms with van der Waals surface area (Å²) < 4.78 is 1.55. The molecule has 0 aliphatic carbocycles. The molecular weight excluding hydrogens is 254 g/mol. The summed E-state index contributed by atoms with van der Waals surface area (Å²) in [6.07, 6.45) is 0. The number of aromatic nitrogens is 2. The molecule has 0 aliphatic heterocycles. The highest BCUT2D eigenvalue weighted by molar-refractivity contribution is 5.94. The average molecular weight is 267 g/mol. The molecule has 0 bridgehead atoms. The summed E-state index contributed by atoms with van der Waals surface area (Å²) >= 11 is 0. The number of rotatable bonds is 2. The molecule has 0 atom stereocenters. The van der Waals surface area contributed by atoms with E-state index in [2.05, 4.69) is 4.98 Å². The maximum Gasteiger partial charge on any atom is 0.331 e. The van der Waals surface area contributed by atoms with Crippen LogP contribution in [0.25, 0.3) is 16.7 Å². The minimum atomic E-state index is -0.235. The van der Waals surface area contributed by atoms with E-state index in [1.807, 2.05) is 0 Å². The Morgan fingerprint density at radius 1 is 1.15 bits per heavy atom. The van der Waals surface area contributed by atoms with Gasteiger partial charge in [0, 0.05) is 11.3 Å². The van der Waals surface area contributed by atoms with Gasteiger partial charge in [0.25, 0.3) is 0 Å². The number of fused-ring (bicyclic) bond motifs is 1. The summed E-state index contributed by atoms with van der Waals surface area (Å²) in [7, 11) is 0. The van der Waals surface area contributed by atoms with Crippen molar-refractivity contribution in [2.24, 2.45) is 0 Å². The Kier molecular flexibility index (Phi) is 2.68. The molecule has 20 heavy (non-hydrogen) atoms. The number of nitrogens with zero attached hydrogens (tertiary/aromatic N) is 1. The summed E-state index contributed by atoms with van der Waals surface area (Å²) in [5.41, 5.74) is 8.82.